The molecule has 2 aromatic rings. The lowest BCUT2D eigenvalue weighted by Gasteiger charge is -2.04. The summed E-state index contributed by atoms with van der Waals surface area (Å²) in [5.74, 6) is -0.963. The highest BCUT2D eigenvalue weighted by atomic mass is 79.9. The van der Waals surface area contributed by atoms with Crippen LogP contribution in [-0.2, 0) is 16.0 Å². The number of nitrogens with zero attached hydrogens (tertiary/aromatic N) is 1. The molecule has 0 aliphatic heterocycles. The third-order valence-corrected chi connectivity index (χ3v) is 3.91. The molecule has 0 aliphatic rings. The second-order valence-electron chi connectivity index (χ2n) is 4.24. The number of nitrogens with one attached hydrogen (secondary N) is 1. The van der Waals surface area contributed by atoms with E-state index in [1.807, 2.05) is 0 Å². The van der Waals surface area contributed by atoms with E-state index in [1.54, 1.807) is 18.4 Å². The molecule has 0 saturated heterocycles. The Morgan fingerprint density at radius 3 is 2.95 bits per heavy atom. The number of ether oxygens (including phenoxy) is 1. The molecule has 1 amide bonds. The Morgan fingerprint density at radius 1 is 1.45 bits per heavy atom. The Bertz CT molecular complexity index is 702. The number of carbonyl (C=O) groups excluding carboxylic acids is 2. The lowest BCUT2D eigenvalue weighted by Crippen LogP contribution is -2.12. The van der Waals surface area contributed by atoms with Crippen LogP contribution < -0.4 is 5.32 Å². The molecule has 1 aromatic heterocycles. The maximum Gasteiger partial charge on any atom is 0.311 e. The van der Waals surface area contributed by atoms with Crippen molar-refractivity contribution < 1.29 is 19.4 Å². The maximum absolute atomic E-state index is 12.1. The summed E-state index contributed by atoms with van der Waals surface area (Å²) in [5.41, 5.74) is 0.661. The number of anilines is 1. The number of amides is 1. The number of phenolic OH excluding ortho intramolecular Hbond substituents is 1. The predicted octanol–water partition coefficient (Wildman–Crippen LogP) is 2.97. The summed E-state index contributed by atoms with van der Waals surface area (Å²) in [5, 5.41) is 14.3. The number of phenols is 1. The van der Waals surface area contributed by atoms with Crippen LogP contribution in [0.1, 0.15) is 23.0 Å². The van der Waals surface area contributed by atoms with Gasteiger partial charge in [-0.05, 0) is 25.1 Å². The van der Waals surface area contributed by atoms with Gasteiger partial charge in [0.05, 0.1) is 24.3 Å². The van der Waals surface area contributed by atoms with Crippen molar-refractivity contribution in [1.82, 2.24) is 4.98 Å². The Balaban J connectivity index is 2.05. The summed E-state index contributed by atoms with van der Waals surface area (Å²) in [7, 11) is 0. The maximum atomic E-state index is 12.1. The number of benzene rings is 1. The average molecular weight is 385 g/mol. The SMILES string of the molecule is CCOC(=O)Cc1csc(NC(=O)c2cc(Br)ccc2O)n1. The van der Waals surface area contributed by atoms with E-state index in [-0.39, 0.29) is 23.7 Å². The molecule has 1 heterocycles. The first-order chi connectivity index (χ1) is 10.5. The zero-order chi connectivity index (χ0) is 16.1. The Labute approximate surface area is 139 Å². The Kier molecular flexibility index (Phi) is 5.51. The second kappa shape index (κ2) is 7.37. The predicted molar refractivity (Wildman–Crippen MR) is 86.2 cm³/mol. The summed E-state index contributed by atoms with van der Waals surface area (Å²) in [6.45, 7) is 2.05. The number of hydrogen-bond acceptors (Lipinski definition) is 6. The standard InChI is InChI=1S/C14H13BrN2O4S/c1-2-21-12(19)6-9-7-22-14(16-9)17-13(20)10-5-8(15)3-4-11(10)18/h3-5,7,18H,2,6H2,1H3,(H,16,17,20). The minimum Gasteiger partial charge on any atom is -0.507 e. The highest BCUT2D eigenvalue weighted by Crippen LogP contribution is 2.24. The molecule has 22 heavy (non-hydrogen) atoms. The highest BCUT2D eigenvalue weighted by Gasteiger charge is 2.14. The first-order valence-electron chi connectivity index (χ1n) is 6.39. The molecule has 116 valence electrons. The molecule has 0 spiro atoms. The highest BCUT2D eigenvalue weighted by molar-refractivity contribution is 9.10. The van der Waals surface area contributed by atoms with E-state index >= 15 is 0 Å². The molecule has 0 bridgehead atoms. The third kappa shape index (κ3) is 4.28. The number of rotatable bonds is 5. The first kappa shape index (κ1) is 16.4. The largest absolute Gasteiger partial charge is 0.507 e. The molecular weight excluding hydrogens is 372 g/mol. The van der Waals surface area contributed by atoms with E-state index in [0.717, 1.165) is 0 Å². The summed E-state index contributed by atoms with van der Waals surface area (Å²) in [4.78, 5) is 27.6. The van der Waals surface area contributed by atoms with Gasteiger partial charge in [0.25, 0.3) is 5.91 Å². The first-order valence-corrected chi connectivity index (χ1v) is 8.06. The number of thiazole rings is 1. The number of halogens is 1. The number of esters is 1. The van der Waals surface area contributed by atoms with Crippen molar-refractivity contribution in [2.45, 2.75) is 13.3 Å². The van der Waals surface area contributed by atoms with E-state index in [0.29, 0.717) is 21.9 Å². The normalized spacial score (nSPS) is 10.3. The van der Waals surface area contributed by atoms with Gasteiger partial charge in [0.15, 0.2) is 5.13 Å². The molecule has 0 unspecified atom stereocenters. The van der Waals surface area contributed by atoms with E-state index in [1.165, 1.54) is 23.5 Å². The number of aromatic hydroxyl groups is 1. The van der Waals surface area contributed by atoms with Gasteiger partial charge in [0.2, 0.25) is 0 Å². The second-order valence-corrected chi connectivity index (χ2v) is 6.02. The molecule has 0 saturated carbocycles. The van der Waals surface area contributed by atoms with Crippen LogP contribution in [0, 0.1) is 0 Å². The minimum absolute atomic E-state index is 0.0579. The summed E-state index contributed by atoms with van der Waals surface area (Å²) < 4.78 is 5.51. The quantitative estimate of drug-likeness (QED) is 0.773. The van der Waals surface area contributed by atoms with Crippen LogP contribution in [0.25, 0.3) is 0 Å². The molecule has 0 fully saturated rings. The summed E-state index contributed by atoms with van der Waals surface area (Å²) in [6, 6.07) is 4.57. The fraction of sp³-hybridized carbons (Fsp3) is 0.214. The molecule has 2 N–H and O–H groups in total. The zero-order valence-corrected chi connectivity index (χ0v) is 14.0. The van der Waals surface area contributed by atoms with Crippen LogP contribution in [0.5, 0.6) is 5.75 Å². The Morgan fingerprint density at radius 2 is 2.23 bits per heavy atom. The van der Waals surface area contributed by atoms with Gasteiger partial charge in [-0.3, -0.25) is 14.9 Å². The number of aromatic nitrogens is 1. The molecule has 1 aromatic carbocycles. The van der Waals surface area contributed by atoms with Crippen molar-refractivity contribution in [3.63, 3.8) is 0 Å². The minimum atomic E-state index is -0.476. The van der Waals surface area contributed by atoms with E-state index in [2.05, 4.69) is 26.2 Å². The summed E-state index contributed by atoms with van der Waals surface area (Å²) in [6.07, 6.45) is 0.0579. The lowest BCUT2D eigenvalue weighted by molar-refractivity contribution is -0.142. The fourth-order valence-electron chi connectivity index (χ4n) is 1.66. The molecule has 2 rings (SSSR count). The van der Waals surface area contributed by atoms with Crippen LogP contribution in [0.4, 0.5) is 5.13 Å². The van der Waals surface area contributed by atoms with Gasteiger partial charge in [-0.25, -0.2) is 4.98 Å². The zero-order valence-electron chi connectivity index (χ0n) is 11.6. The lowest BCUT2D eigenvalue weighted by atomic mass is 10.2. The van der Waals surface area contributed by atoms with Gasteiger partial charge < -0.3 is 9.84 Å². The fourth-order valence-corrected chi connectivity index (χ4v) is 2.73. The third-order valence-electron chi connectivity index (χ3n) is 2.61. The van der Waals surface area contributed by atoms with Crippen LogP contribution >= 0.6 is 27.3 Å². The Hall–Kier alpha value is -1.93. The van der Waals surface area contributed by atoms with E-state index in [4.69, 9.17) is 4.74 Å². The monoisotopic (exact) mass is 384 g/mol. The molecule has 0 atom stereocenters. The van der Waals surface area contributed by atoms with Gasteiger partial charge in [-0.1, -0.05) is 15.9 Å². The topological polar surface area (TPSA) is 88.5 Å². The van der Waals surface area contributed by atoms with Crippen LogP contribution in [-0.4, -0.2) is 28.6 Å². The smallest absolute Gasteiger partial charge is 0.311 e. The van der Waals surface area contributed by atoms with Crippen molar-refractivity contribution >= 4 is 44.3 Å². The van der Waals surface area contributed by atoms with Gasteiger partial charge in [0.1, 0.15) is 5.75 Å². The molecule has 8 heteroatoms. The average Bonchev–Trinajstić information content (AvgIpc) is 2.88. The van der Waals surface area contributed by atoms with Gasteiger partial charge in [-0.2, -0.15) is 0 Å². The van der Waals surface area contributed by atoms with Crippen LogP contribution in [0.15, 0.2) is 28.1 Å². The van der Waals surface area contributed by atoms with Gasteiger partial charge in [0, 0.05) is 9.85 Å². The van der Waals surface area contributed by atoms with Crippen LogP contribution in [0.3, 0.4) is 0 Å². The van der Waals surface area contributed by atoms with Crippen molar-refractivity contribution in [2.75, 3.05) is 11.9 Å². The summed E-state index contributed by atoms with van der Waals surface area (Å²) >= 11 is 4.44. The molecular formula is C14H13BrN2O4S. The van der Waals surface area contributed by atoms with Crippen molar-refractivity contribution in [3.8, 4) is 5.75 Å². The van der Waals surface area contributed by atoms with Crippen LogP contribution in [0.2, 0.25) is 0 Å². The van der Waals surface area contributed by atoms with Crippen molar-refractivity contribution in [1.29, 1.82) is 0 Å². The molecule has 6 nitrogen and oxygen atoms in total. The number of carbonyl (C=O) groups is 2. The molecule has 0 aliphatic carbocycles. The van der Waals surface area contributed by atoms with E-state index < -0.39 is 5.91 Å². The van der Waals surface area contributed by atoms with E-state index in [9.17, 15) is 14.7 Å². The van der Waals surface area contributed by atoms with Gasteiger partial charge >= 0.3 is 5.97 Å². The van der Waals surface area contributed by atoms with Gasteiger partial charge in [-0.15, -0.1) is 11.3 Å². The van der Waals surface area contributed by atoms with Crippen molar-refractivity contribution in [2.24, 2.45) is 0 Å². The number of hydrogen-bond donors (Lipinski definition) is 2. The molecule has 0 radical (unpaired) electrons. The van der Waals surface area contributed by atoms with Crippen molar-refractivity contribution in [3.05, 3.63) is 39.3 Å².